The van der Waals surface area contributed by atoms with Crippen LogP contribution in [0.1, 0.15) is 38.8 Å². The summed E-state index contributed by atoms with van der Waals surface area (Å²) in [4.78, 5) is 0. The molecule has 3 nitrogen and oxygen atoms in total. The number of aliphatic hydroxyl groups excluding tert-OH is 1. The maximum absolute atomic E-state index is 9.60. The molecule has 0 amide bonds. The molecular formula is C16H27NO2S. The van der Waals surface area contributed by atoms with E-state index in [1.165, 1.54) is 5.56 Å². The van der Waals surface area contributed by atoms with E-state index in [1.807, 2.05) is 19.1 Å². The van der Waals surface area contributed by atoms with Crippen LogP contribution in [0.25, 0.3) is 0 Å². The summed E-state index contributed by atoms with van der Waals surface area (Å²) in [5, 5.41) is 13.4. The van der Waals surface area contributed by atoms with E-state index in [9.17, 15) is 5.11 Å². The van der Waals surface area contributed by atoms with Crippen molar-refractivity contribution >= 4 is 11.8 Å². The summed E-state index contributed by atoms with van der Waals surface area (Å²) in [5.41, 5.74) is 1.24. The fourth-order valence-electron chi connectivity index (χ4n) is 1.84. The third kappa shape index (κ3) is 5.73. The zero-order valence-corrected chi connectivity index (χ0v) is 13.7. The molecule has 0 fully saturated rings. The Labute approximate surface area is 127 Å². The third-order valence-corrected chi connectivity index (χ3v) is 4.79. The lowest BCUT2D eigenvalue weighted by atomic mass is 10.1. The molecule has 0 aliphatic rings. The first kappa shape index (κ1) is 17.3. The van der Waals surface area contributed by atoms with Gasteiger partial charge in [-0.2, -0.15) is 11.8 Å². The molecule has 4 heteroatoms. The van der Waals surface area contributed by atoms with Gasteiger partial charge in [0.25, 0.3) is 0 Å². The quantitative estimate of drug-likeness (QED) is 0.734. The van der Waals surface area contributed by atoms with Crippen LogP contribution in [-0.2, 0) is 0 Å². The number of rotatable bonds is 9. The van der Waals surface area contributed by atoms with Crippen molar-refractivity contribution in [3.05, 3.63) is 29.8 Å². The summed E-state index contributed by atoms with van der Waals surface area (Å²) in [6.07, 6.45) is 0.828. The zero-order valence-electron chi connectivity index (χ0n) is 12.9. The Balaban J connectivity index is 2.71. The monoisotopic (exact) mass is 297 g/mol. The molecule has 20 heavy (non-hydrogen) atoms. The minimum atomic E-state index is -0.280. The van der Waals surface area contributed by atoms with Gasteiger partial charge in [0.1, 0.15) is 5.75 Å². The van der Waals surface area contributed by atoms with Crippen LogP contribution in [0.5, 0.6) is 5.75 Å². The molecule has 1 rings (SSSR count). The smallest absolute Gasteiger partial charge is 0.119 e. The van der Waals surface area contributed by atoms with Gasteiger partial charge in [-0.15, -0.1) is 0 Å². The summed E-state index contributed by atoms with van der Waals surface area (Å²) in [6, 6.07) is 8.49. The molecule has 0 radical (unpaired) electrons. The highest BCUT2D eigenvalue weighted by Gasteiger charge is 2.15. The van der Waals surface area contributed by atoms with E-state index in [0.29, 0.717) is 0 Å². The molecule has 0 saturated heterocycles. The molecule has 0 aliphatic heterocycles. The average molecular weight is 297 g/mol. The summed E-state index contributed by atoms with van der Waals surface area (Å²) < 4.78 is 5.30. The predicted octanol–water partition coefficient (Wildman–Crippen LogP) is 3.24. The van der Waals surface area contributed by atoms with Gasteiger partial charge >= 0.3 is 0 Å². The molecule has 0 saturated carbocycles. The second-order valence-corrected chi connectivity index (χ2v) is 6.47. The summed E-state index contributed by atoms with van der Waals surface area (Å²) in [7, 11) is 1.69. The van der Waals surface area contributed by atoms with Crippen molar-refractivity contribution in [1.82, 2.24) is 5.32 Å². The molecule has 0 bridgehead atoms. The first-order valence-electron chi connectivity index (χ1n) is 7.25. The Hall–Kier alpha value is -0.710. The Morgan fingerprint density at radius 3 is 2.70 bits per heavy atom. The predicted molar refractivity (Wildman–Crippen MR) is 87.6 cm³/mol. The second kappa shape index (κ2) is 9.27. The molecule has 0 heterocycles. The van der Waals surface area contributed by atoms with Crippen LogP contribution >= 0.6 is 11.8 Å². The minimum absolute atomic E-state index is 0.242. The van der Waals surface area contributed by atoms with Crippen molar-refractivity contribution in [2.45, 2.75) is 44.6 Å². The SMILES string of the molecule is CCCNC(CSC(C)C(C)O)c1cccc(OC)c1. The maximum atomic E-state index is 9.60. The van der Waals surface area contributed by atoms with Crippen LogP contribution in [0.4, 0.5) is 0 Å². The van der Waals surface area contributed by atoms with Crippen molar-refractivity contribution in [1.29, 1.82) is 0 Å². The lowest BCUT2D eigenvalue weighted by Gasteiger charge is -2.22. The third-order valence-electron chi connectivity index (χ3n) is 3.34. The molecule has 2 N–H and O–H groups in total. The van der Waals surface area contributed by atoms with Crippen molar-refractivity contribution in [3.63, 3.8) is 0 Å². The Morgan fingerprint density at radius 2 is 2.10 bits per heavy atom. The van der Waals surface area contributed by atoms with E-state index in [0.717, 1.165) is 24.5 Å². The van der Waals surface area contributed by atoms with Gasteiger partial charge in [0.15, 0.2) is 0 Å². The number of hydrogen-bond acceptors (Lipinski definition) is 4. The molecule has 3 unspecified atom stereocenters. The minimum Gasteiger partial charge on any atom is -0.497 e. The first-order valence-corrected chi connectivity index (χ1v) is 8.30. The number of ether oxygens (including phenoxy) is 1. The molecule has 114 valence electrons. The Morgan fingerprint density at radius 1 is 1.35 bits per heavy atom. The fourth-order valence-corrected chi connectivity index (χ4v) is 2.92. The molecule has 0 aliphatic carbocycles. The van der Waals surface area contributed by atoms with Gasteiger partial charge in [-0.3, -0.25) is 0 Å². The van der Waals surface area contributed by atoms with E-state index in [-0.39, 0.29) is 17.4 Å². The van der Waals surface area contributed by atoms with E-state index < -0.39 is 0 Å². The summed E-state index contributed by atoms with van der Waals surface area (Å²) in [5.74, 6) is 1.83. The van der Waals surface area contributed by atoms with Gasteiger partial charge in [-0.25, -0.2) is 0 Å². The van der Waals surface area contributed by atoms with Crippen LogP contribution in [-0.4, -0.2) is 35.9 Å². The van der Waals surface area contributed by atoms with Gasteiger partial charge < -0.3 is 15.2 Å². The van der Waals surface area contributed by atoms with Crippen molar-refractivity contribution < 1.29 is 9.84 Å². The molecule has 0 spiro atoms. The number of methoxy groups -OCH3 is 1. The number of hydrogen-bond donors (Lipinski definition) is 2. The van der Waals surface area contributed by atoms with Gasteiger partial charge in [0.05, 0.1) is 13.2 Å². The van der Waals surface area contributed by atoms with Crippen LogP contribution in [0, 0.1) is 0 Å². The lowest BCUT2D eigenvalue weighted by molar-refractivity contribution is 0.196. The number of thioether (sulfide) groups is 1. The first-order chi connectivity index (χ1) is 9.58. The van der Waals surface area contributed by atoms with Crippen molar-refractivity contribution in [2.24, 2.45) is 0 Å². The van der Waals surface area contributed by atoms with Gasteiger partial charge in [0.2, 0.25) is 0 Å². The highest BCUT2D eigenvalue weighted by molar-refractivity contribution is 7.99. The Bertz CT molecular complexity index is 384. The van der Waals surface area contributed by atoms with E-state index >= 15 is 0 Å². The fraction of sp³-hybridized carbons (Fsp3) is 0.625. The maximum Gasteiger partial charge on any atom is 0.119 e. The lowest BCUT2D eigenvalue weighted by Crippen LogP contribution is -2.26. The highest BCUT2D eigenvalue weighted by atomic mass is 32.2. The highest BCUT2D eigenvalue weighted by Crippen LogP contribution is 2.25. The number of aliphatic hydroxyl groups is 1. The summed E-state index contributed by atoms with van der Waals surface area (Å²) in [6.45, 7) is 7.07. The largest absolute Gasteiger partial charge is 0.497 e. The Kier molecular flexibility index (Phi) is 8.04. The second-order valence-electron chi connectivity index (χ2n) is 5.06. The normalized spacial score (nSPS) is 15.7. The molecule has 1 aromatic carbocycles. The van der Waals surface area contributed by atoms with Crippen LogP contribution in [0.15, 0.2) is 24.3 Å². The number of nitrogens with one attached hydrogen (secondary N) is 1. The van der Waals surface area contributed by atoms with Gasteiger partial charge in [0, 0.05) is 17.0 Å². The van der Waals surface area contributed by atoms with Gasteiger partial charge in [-0.05, 0) is 37.6 Å². The summed E-state index contributed by atoms with van der Waals surface area (Å²) >= 11 is 1.80. The van der Waals surface area contributed by atoms with E-state index in [4.69, 9.17) is 4.74 Å². The molecule has 0 aromatic heterocycles. The molecule has 1 aromatic rings. The zero-order chi connectivity index (χ0) is 15.0. The standard InChI is InChI=1S/C16H27NO2S/c1-5-9-17-16(11-20-13(3)12(2)18)14-7-6-8-15(10-14)19-4/h6-8,10,12-13,16-18H,5,9,11H2,1-4H3. The van der Waals surface area contributed by atoms with Crippen LogP contribution in [0.2, 0.25) is 0 Å². The van der Waals surface area contributed by atoms with Crippen LogP contribution < -0.4 is 10.1 Å². The van der Waals surface area contributed by atoms with Crippen LogP contribution in [0.3, 0.4) is 0 Å². The van der Waals surface area contributed by atoms with Crippen molar-refractivity contribution in [2.75, 3.05) is 19.4 Å². The van der Waals surface area contributed by atoms with Crippen molar-refractivity contribution in [3.8, 4) is 5.75 Å². The molecule has 3 atom stereocenters. The topological polar surface area (TPSA) is 41.5 Å². The average Bonchev–Trinajstić information content (AvgIpc) is 2.47. The molecular weight excluding hydrogens is 270 g/mol. The number of benzene rings is 1. The van der Waals surface area contributed by atoms with E-state index in [1.54, 1.807) is 18.9 Å². The van der Waals surface area contributed by atoms with E-state index in [2.05, 4.69) is 31.3 Å². The van der Waals surface area contributed by atoms with Gasteiger partial charge in [-0.1, -0.05) is 26.0 Å².